The molecule has 2 aromatic carbocycles. The highest BCUT2D eigenvalue weighted by Gasteiger charge is 2.11. The van der Waals surface area contributed by atoms with Gasteiger partial charge < -0.3 is 5.32 Å². The number of nitrogens with one attached hydrogen (secondary N) is 1. The predicted molar refractivity (Wildman–Crippen MR) is 91.1 cm³/mol. The molecule has 0 radical (unpaired) electrons. The number of nitrogens with zero attached hydrogens (tertiary/aromatic N) is 4. The van der Waals surface area contributed by atoms with E-state index >= 15 is 0 Å². The smallest absolute Gasteiger partial charge is 0.170 e. The van der Waals surface area contributed by atoms with Gasteiger partial charge in [-0.3, -0.25) is 4.57 Å². The first-order valence-electron chi connectivity index (χ1n) is 7.38. The van der Waals surface area contributed by atoms with Crippen LogP contribution in [0.2, 0.25) is 0 Å². The molecule has 0 aliphatic heterocycles. The van der Waals surface area contributed by atoms with Gasteiger partial charge >= 0.3 is 0 Å². The fraction of sp³-hybridized carbons (Fsp3) is 0.0556. The largest absolute Gasteiger partial charge is 0.338 e. The molecule has 0 aliphatic rings. The molecule has 0 spiro atoms. The number of para-hydroxylation sites is 1. The van der Waals surface area contributed by atoms with Crippen LogP contribution in [0.1, 0.15) is 5.56 Å². The summed E-state index contributed by atoms with van der Waals surface area (Å²) in [4.78, 5) is 13.2. The minimum atomic E-state index is 0.701. The van der Waals surface area contributed by atoms with Crippen LogP contribution in [0, 0.1) is 6.92 Å². The molecule has 2 heterocycles. The quantitative estimate of drug-likeness (QED) is 0.624. The fourth-order valence-corrected chi connectivity index (χ4v) is 2.48. The van der Waals surface area contributed by atoms with E-state index in [9.17, 15) is 0 Å². The SMILES string of the molecule is Cc1ccc(-n2cnc3c(Nc4ccccc4)ncnc32)cc1. The number of imidazole rings is 1. The van der Waals surface area contributed by atoms with E-state index in [4.69, 9.17) is 0 Å². The normalized spacial score (nSPS) is 10.8. The maximum Gasteiger partial charge on any atom is 0.170 e. The molecule has 0 aliphatic carbocycles. The Morgan fingerprint density at radius 1 is 0.870 bits per heavy atom. The van der Waals surface area contributed by atoms with Crippen molar-refractivity contribution in [3.8, 4) is 5.69 Å². The summed E-state index contributed by atoms with van der Waals surface area (Å²) in [6, 6.07) is 18.2. The highest BCUT2D eigenvalue weighted by molar-refractivity contribution is 5.86. The first kappa shape index (κ1) is 13.5. The summed E-state index contributed by atoms with van der Waals surface area (Å²) >= 11 is 0. The summed E-state index contributed by atoms with van der Waals surface area (Å²) in [6.07, 6.45) is 3.33. The highest BCUT2D eigenvalue weighted by Crippen LogP contribution is 2.23. The van der Waals surface area contributed by atoms with Crippen LogP contribution in [0.15, 0.2) is 67.3 Å². The monoisotopic (exact) mass is 301 g/mol. The van der Waals surface area contributed by atoms with Crippen molar-refractivity contribution in [3.05, 3.63) is 72.8 Å². The van der Waals surface area contributed by atoms with E-state index in [1.165, 1.54) is 5.56 Å². The molecule has 4 aromatic rings. The van der Waals surface area contributed by atoms with Crippen LogP contribution in [0.4, 0.5) is 11.5 Å². The molecular formula is C18H15N5. The molecule has 0 bridgehead atoms. The van der Waals surface area contributed by atoms with Crippen molar-refractivity contribution in [2.45, 2.75) is 6.92 Å². The second-order valence-corrected chi connectivity index (χ2v) is 5.34. The number of fused-ring (bicyclic) bond motifs is 1. The van der Waals surface area contributed by atoms with Crippen LogP contribution < -0.4 is 5.32 Å². The van der Waals surface area contributed by atoms with Gasteiger partial charge in [0.15, 0.2) is 17.0 Å². The average Bonchev–Trinajstić information content (AvgIpc) is 3.02. The van der Waals surface area contributed by atoms with E-state index in [0.717, 1.165) is 22.5 Å². The van der Waals surface area contributed by atoms with Crippen molar-refractivity contribution in [3.63, 3.8) is 0 Å². The summed E-state index contributed by atoms with van der Waals surface area (Å²) in [6.45, 7) is 2.07. The minimum Gasteiger partial charge on any atom is -0.338 e. The van der Waals surface area contributed by atoms with Gasteiger partial charge in [-0.2, -0.15) is 0 Å². The number of aromatic nitrogens is 4. The summed E-state index contributed by atoms with van der Waals surface area (Å²) in [5.74, 6) is 0.701. The topological polar surface area (TPSA) is 55.6 Å². The van der Waals surface area contributed by atoms with Gasteiger partial charge in [-0.25, -0.2) is 15.0 Å². The Balaban J connectivity index is 1.79. The minimum absolute atomic E-state index is 0.701. The molecule has 112 valence electrons. The number of rotatable bonds is 3. The van der Waals surface area contributed by atoms with Gasteiger partial charge in [-0.1, -0.05) is 35.9 Å². The lowest BCUT2D eigenvalue weighted by molar-refractivity contribution is 1.06. The Bertz CT molecular complexity index is 942. The molecule has 23 heavy (non-hydrogen) atoms. The third-order valence-corrected chi connectivity index (χ3v) is 3.68. The fourth-order valence-electron chi connectivity index (χ4n) is 2.48. The number of benzene rings is 2. The second kappa shape index (κ2) is 5.53. The number of hydrogen-bond acceptors (Lipinski definition) is 4. The van der Waals surface area contributed by atoms with E-state index in [-0.39, 0.29) is 0 Å². The van der Waals surface area contributed by atoms with Crippen molar-refractivity contribution in [1.29, 1.82) is 0 Å². The van der Waals surface area contributed by atoms with E-state index in [1.807, 2.05) is 34.9 Å². The van der Waals surface area contributed by atoms with Gasteiger partial charge in [0.2, 0.25) is 0 Å². The zero-order chi connectivity index (χ0) is 15.6. The van der Waals surface area contributed by atoms with Gasteiger partial charge in [0.05, 0.1) is 0 Å². The summed E-state index contributed by atoms with van der Waals surface area (Å²) in [5, 5.41) is 3.29. The van der Waals surface area contributed by atoms with Crippen molar-refractivity contribution >= 4 is 22.7 Å². The van der Waals surface area contributed by atoms with Crippen LogP contribution in [-0.4, -0.2) is 19.5 Å². The first-order valence-corrected chi connectivity index (χ1v) is 7.38. The summed E-state index contributed by atoms with van der Waals surface area (Å²) in [7, 11) is 0. The Hall–Kier alpha value is -3.21. The molecule has 5 heteroatoms. The molecule has 2 aromatic heterocycles. The standard InChI is InChI=1S/C18H15N5/c1-13-7-9-15(10-8-13)23-12-21-16-17(19-11-20-18(16)23)22-14-5-3-2-4-6-14/h2-12H,1H3,(H,19,20,22). The van der Waals surface area contributed by atoms with Crippen LogP contribution in [0.5, 0.6) is 0 Å². The van der Waals surface area contributed by atoms with Crippen LogP contribution >= 0.6 is 0 Å². The van der Waals surface area contributed by atoms with Crippen molar-refractivity contribution in [2.75, 3.05) is 5.32 Å². The molecule has 0 saturated carbocycles. The lowest BCUT2D eigenvalue weighted by atomic mass is 10.2. The predicted octanol–water partition coefficient (Wildman–Crippen LogP) is 3.87. The maximum absolute atomic E-state index is 4.49. The highest BCUT2D eigenvalue weighted by atomic mass is 15.1. The number of anilines is 2. The van der Waals surface area contributed by atoms with Crippen molar-refractivity contribution in [1.82, 2.24) is 19.5 Å². The number of aryl methyl sites for hydroxylation is 1. The first-order chi connectivity index (χ1) is 11.3. The zero-order valence-corrected chi connectivity index (χ0v) is 12.6. The van der Waals surface area contributed by atoms with Crippen LogP contribution in [-0.2, 0) is 0 Å². The summed E-state index contributed by atoms with van der Waals surface area (Å²) < 4.78 is 1.96. The molecule has 5 nitrogen and oxygen atoms in total. The van der Waals surface area contributed by atoms with Gasteiger partial charge in [-0.05, 0) is 31.2 Å². The van der Waals surface area contributed by atoms with Gasteiger partial charge in [0.1, 0.15) is 12.7 Å². The molecule has 4 rings (SSSR count). The average molecular weight is 301 g/mol. The van der Waals surface area contributed by atoms with E-state index < -0.39 is 0 Å². The van der Waals surface area contributed by atoms with Crippen LogP contribution in [0.3, 0.4) is 0 Å². The molecule has 0 atom stereocenters. The second-order valence-electron chi connectivity index (χ2n) is 5.34. The van der Waals surface area contributed by atoms with Crippen LogP contribution in [0.25, 0.3) is 16.9 Å². The lowest BCUT2D eigenvalue weighted by Gasteiger charge is -2.07. The van der Waals surface area contributed by atoms with Gasteiger partial charge in [-0.15, -0.1) is 0 Å². The van der Waals surface area contributed by atoms with Gasteiger partial charge in [0, 0.05) is 11.4 Å². The Labute approximate surface area is 133 Å². The third-order valence-electron chi connectivity index (χ3n) is 3.68. The third kappa shape index (κ3) is 2.53. The molecule has 0 saturated heterocycles. The van der Waals surface area contributed by atoms with Crippen molar-refractivity contribution in [2.24, 2.45) is 0 Å². The molecule has 0 fully saturated rings. The molecule has 1 N–H and O–H groups in total. The molecule has 0 amide bonds. The Kier molecular flexibility index (Phi) is 3.24. The summed E-state index contributed by atoms with van der Waals surface area (Å²) in [5.41, 5.74) is 4.75. The Morgan fingerprint density at radius 3 is 2.43 bits per heavy atom. The number of hydrogen-bond donors (Lipinski definition) is 1. The van der Waals surface area contributed by atoms with E-state index in [2.05, 4.69) is 51.5 Å². The van der Waals surface area contributed by atoms with E-state index in [1.54, 1.807) is 12.7 Å². The van der Waals surface area contributed by atoms with Gasteiger partial charge in [0.25, 0.3) is 0 Å². The Morgan fingerprint density at radius 2 is 1.65 bits per heavy atom. The maximum atomic E-state index is 4.49. The van der Waals surface area contributed by atoms with Crippen molar-refractivity contribution < 1.29 is 0 Å². The molecular weight excluding hydrogens is 286 g/mol. The lowest BCUT2D eigenvalue weighted by Crippen LogP contribution is -1.98. The molecule has 0 unspecified atom stereocenters. The zero-order valence-electron chi connectivity index (χ0n) is 12.6. The van der Waals surface area contributed by atoms with E-state index in [0.29, 0.717) is 5.82 Å².